The molecule has 1 fully saturated rings. The molecule has 0 bridgehead atoms. The molecule has 1 heterocycles. The maximum absolute atomic E-state index is 13.4. The van der Waals surface area contributed by atoms with Gasteiger partial charge in [-0.05, 0) is 62.7 Å². The molecule has 2 aromatic rings. The van der Waals surface area contributed by atoms with Crippen LogP contribution in [0, 0.1) is 11.6 Å². The number of benzene rings is 2. The zero-order valence-corrected chi connectivity index (χ0v) is 17.4. The first-order valence-corrected chi connectivity index (χ1v) is 10.3. The summed E-state index contributed by atoms with van der Waals surface area (Å²) in [5.41, 5.74) is 1.10. The van der Waals surface area contributed by atoms with Gasteiger partial charge in [0.15, 0.2) is 17.7 Å². The van der Waals surface area contributed by atoms with Gasteiger partial charge in [0.05, 0.1) is 13.2 Å². The summed E-state index contributed by atoms with van der Waals surface area (Å²) < 4.78 is 37.2. The highest BCUT2D eigenvalue weighted by Crippen LogP contribution is 2.26. The van der Waals surface area contributed by atoms with Crippen LogP contribution in [0.2, 0.25) is 0 Å². The van der Waals surface area contributed by atoms with Crippen LogP contribution in [-0.4, -0.2) is 43.7 Å². The van der Waals surface area contributed by atoms with Gasteiger partial charge in [0.25, 0.3) is 5.91 Å². The van der Waals surface area contributed by atoms with E-state index >= 15 is 0 Å². The van der Waals surface area contributed by atoms with Crippen molar-refractivity contribution in [1.82, 2.24) is 10.2 Å². The first-order valence-electron chi connectivity index (χ1n) is 10.3. The van der Waals surface area contributed by atoms with E-state index in [-0.39, 0.29) is 17.7 Å². The monoisotopic (exact) mass is 418 g/mol. The van der Waals surface area contributed by atoms with E-state index in [1.54, 1.807) is 14.0 Å². The van der Waals surface area contributed by atoms with Crippen LogP contribution < -0.4 is 14.8 Å². The lowest BCUT2D eigenvalue weighted by molar-refractivity contribution is -0.127. The zero-order valence-electron chi connectivity index (χ0n) is 17.4. The second kappa shape index (κ2) is 10.4. The number of carbonyl (C=O) groups excluding carboxylic acids is 1. The van der Waals surface area contributed by atoms with E-state index in [9.17, 15) is 13.6 Å². The van der Waals surface area contributed by atoms with Crippen LogP contribution >= 0.6 is 0 Å². The van der Waals surface area contributed by atoms with Crippen LogP contribution in [0.4, 0.5) is 8.78 Å². The van der Waals surface area contributed by atoms with Crippen molar-refractivity contribution in [1.29, 1.82) is 0 Å². The van der Waals surface area contributed by atoms with Crippen LogP contribution in [0.5, 0.6) is 11.5 Å². The number of ether oxygens (including phenoxy) is 2. The first kappa shape index (κ1) is 22.0. The van der Waals surface area contributed by atoms with E-state index in [1.165, 1.54) is 12.5 Å². The third-order valence-electron chi connectivity index (χ3n) is 5.37. The Morgan fingerprint density at radius 2 is 1.70 bits per heavy atom. The van der Waals surface area contributed by atoms with Gasteiger partial charge in [-0.1, -0.05) is 18.6 Å². The molecule has 0 radical (unpaired) electrons. The van der Waals surface area contributed by atoms with Crippen molar-refractivity contribution in [2.24, 2.45) is 0 Å². The standard InChI is InChI=1S/C23H28F2N2O3/c1-16(30-19-10-11-20(24)21(25)14-19)23(28)26-15-22(27-12-4-3-5-13-27)17-6-8-18(29-2)9-7-17/h6-11,14,16,22H,3-5,12-13,15H2,1-2H3,(H,26,28). The number of hydrogen-bond donors (Lipinski definition) is 1. The smallest absolute Gasteiger partial charge is 0.260 e. The highest BCUT2D eigenvalue weighted by Gasteiger charge is 2.24. The Hall–Kier alpha value is -2.67. The average Bonchev–Trinajstić information content (AvgIpc) is 2.77. The molecule has 30 heavy (non-hydrogen) atoms. The first-order chi connectivity index (χ1) is 14.5. The van der Waals surface area contributed by atoms with Crippen LogP contribution in [-0.2, 0) is 4.79 Å². The summed E-state index contributed by atoms with van der Waals surface area (Å²) in [5, 5.41) is 2.95. The van der Waals surface area contributed by atoms with Gasteiger partial charge in [0, 0.05) is 12.6 Å². The third-order valence-corrected chi connectivity index (χ3v) is 5.37. The molecular formula is C23H28F2N2O3. The molecular weight excluding hydrogens is 390 g/mol. The number of nitrogens with zero attached hydrogens (tertiary/aromatic N) is 1. The van der Waals surface area contributed by atoms with Gasteiger partial charge in [-0.15, -0.1) is 0 Å². The van der Waals surface area contributed by atoms with Gasteiger partial charge in [0.1, 0.15) is 11.5 Å². The minimum Gasteiger partial charge on any atom is -0.497 e. The molecule has 0 spiro atoms. The number of likely N-dealkylation sites (tertiary alicyclic amines) is 1. The van der Waals surface area contributed by atoms with Gasteiger partial charge in [-0.2, -0.15) is 0 Å². The fraction of sp³-hybridized carbons (Fsp3) is 0.435. The molecule has 0 aromatic heterocycles. The van der Waals surface area contributed by atoms with Crippen molar-refractivity contribution in [3.63, 3.8) is 0 Å². The number of hydrogen-bond acceptors (Lipinski definition) is 4. The van der Waals surface area contributed by atoms with Gasteiger partial charge < -0.3 is 14.8 Å². The van der Waals surface area contributed by atoms with Gasteiger partial charge in [-0.25, -0.2) is 8.78 Å². The lowest BCUT2D eigenvalue weighted by atomic mass is 10.0. The number of carbonyl (C=O) groups is 1. The molecule has 7 heteroatoms. The van der Waals surface area contributed by atoms with E-state index in [0.717, 1.165) is 49.4 Å². The quantitative estimate of drug-likeness (QED) is 0.702. The summed E-state index contributed by atoms with van der Waals surface area (Å²) in [4.78, 5) is 15.0. The van der Waals surface area contributed by atoms with Crippen LogP contribution in [0.3, 0.4) is 0 Å². The molecule has 2 unspecified atom stereocenters. The third kappa shape index (κ3) is 5.69. The minimum absolute atomic E-state index is 0.0376. The van der Waals surface area contributed by atoms with Crippen molar-refractivity contribution >= 4 is 5.91 Å². The maximum Gasteiger partial charge on any atom is 0.260 e. The van der Waals surface area contributed by atoms with E-state index < -0.39 is 17.7 Å². The molecule has 0 aliphatic carbocycles. The Morgan fingerprint density at radius 1 is 1.03 bits per heavy atom. The second-order valence-corrected chi connectivity index (χ2v) is 7.47. The zero-order chi connectivity index (χ0) is 21.5. The molecule has 0 saturated carbocycles. The highest BCUT2D eigenvalue weighted by atomic mass is 19.2. The molecule has 3 rings (SSSR count). The summed E-state index contributed by atoms with van der Waals surface area (Å²) in [6.07, 6.45) is 2.65. The van der Waals surface area contributed by atoms with Crippen LogP contribution in [0.25, 0.3) is 0 Å². The summed E-state index contributed by atoms with van der Waals surface area (Å²) in [5.74, 6) is -1.38. The molecule has 1 aliphatic heterocycles. The molecule has 2 atom stereocenters. The molecule has 1 aliphatic rings. The predicted octanol–water partition coefficient (Wildman–Crippen LogP) is 4.08. The van der Waals surface area contributed by atoms with Crippen molar-refractivity contribution in [3.8, 4) is 11.5 Å². The highest BCUT2D eigenvalue weighted by molar-refractivity contribution is 5.80. The Bertz CT molecular complexity index is 839. The summed E-state index contributed by atoms with van der Waals surface area (Å²) in [6, 6.07) is 11.1. The Labute approximate surface area is 176 Å². The fourth-order valence-electron chi connectivity index (χ4n) is 3.66. The van der Waals surface area contributed by atoms with Crippen molar-refractivity contribution in [2.45, 2.75) is 38.3 Å². The number of halogens is 2. The topological polar surface area (TPSA) is 50.8 Å². The molecule has 162 valence electrons. The average molecular weight is 418 g/mol. The van der Waals surface area contributed by atoms with Crippen LogP contribution in [0.15, 0.2) is 42.5 Å². The van der Waals surface area contributed by atoms with E-state index in [1.807, 2.05) is 24.3 Å². The largest absolute Gasteiger partial charge is 0.497 e. The number of methoxy groups -OCH3 is 1. The van der Waals surface area contributed by atoms with Crippen molar-refractivity contribution < 1.29 is 23.0 Å². The summed E-state index contributed by atoms with van der Waals surface area (Å²) in [7, 11) is 1.63. The molecule has 1 saturated heterocycles. The number of piperidine rings is 1. The number of rotatable bonds is 8. The van der Waals surface area contributed by atoms with Gasteiger partial charge in [-0.3, -0.25) is 9.69 Å². The Kier molecular flexibility index (Phi) is 7.63. The number of nitrogens with one attached hydrogen (secondary N) is 1. The predicted molar refractivity (Wildman–Crippen MR) is 111 cm³/mol. The maximum atomic E-state index is 13.4. The fourth-order valence-corrected chi connectivity index (χ4v) is 3.66. The lowest BCUT2D eigenvalue weighted by Crippen LogP contribution is -2.43. The van der Waals surface area contributed by atoms with Crippen LogP contribution in [0.1, 0.15) is 37.8 Å². The number of amides is 1. The van der Waals surface area contributed by atoms with E-state index in [2.05, 4.69) is 10.2 Å². The molecule has 1 N–H and O–H groups in total. The lowest BCUT2D eigenvalue weighted by Gasteiger charge is -2.35. The molecule has 5 nitrogen and oxygen atoms in total. The molecule has 1 amide bonds. The SMILES string of the molecule is COc1ccc(C(CNC(=O)C(C)Oc2ccc(F)c(F)c2)N2CCCCC2)cc1. The minimum atomic E-state index is -1.01. The van der Waals surface area contributed by atoms with Crippen molar-refractivity contribution in [3.05, 3.63) is 59.7 Å². The van der Waals surface area contributed by atoms with E-state index in [0.29, 0.717) is 6.54 Å². The van der Waals surface area contributed by atoms with E-state index in [4.69, 9.17) is 9.47 Å². The summed E-state index contributed by atoms with van der Waals surface area (Å²) >= 11 is 0. The molecule has 2 aromatic carbocycles. The Morgan fingerprint density at radius 3 is 2.33 bits per heavy atom. The van der Waals surface area contributed by atoms with Gasteiger partial charge in [0.2, 0.25) is 0 Å². The summed E-state index contributed by atoms with van der Waals surface area (Å²) in [6.45, 7) is 3.97. The normalized spacial score (nSPS) is 16.5. The van der Waals surface area contributed by atoms with Crippen molar-refractivity contribution in [2.75, 3.05) is 26.7 Å². The Balaban J connectivity index is 1.64. The second-order valence-electron chi connectivity index (χ2n) is 7.47. The van der Waals surface area contributed by atoms with Gasteiger partial charge >= 0.3 is 0 Å².